The highest BCUT2D eigenvalue weighted by Crippen LogP contribution is 2.40. The summed E-state index contributed by atoms with van der Waals surface area (Å²) in [6, 6.07) is 5.49. The average molecular weight is 631 g/mol. The SMILES string of the molecule is CCCCCCNC(=O)NCC1CN(C(=O)c2cc(OC)c(OC)c(OC)c2)CCN1C(=O)c1cc(OC)c(OC)c(OC)c1. The highest BCUT2D eigenvalue weighted by atomic mass is 16.5. The summed E-state index contributed by atoms with van der Waals surface area (Å²) < 4.78 is 32.6. The molecule has 3 rings (SSSR count). The van der Waals surface area contributed by atoms with Gasteiger partial charge in [0.15, 0.2) is 23.0 Å². The summed E-state index contributed by atoms with van der Waals surface area (Å²) >= 11 is 0. The number of urea groups is 1. The molecule has 0 bridgehead atoms. The molecule has 1 aliphatic heterocycles. The second-order valence-corrected chi connectivity index (χ2v) is 10.4. The van der Waals surface area contributed by atoms with E-state index >= 15 is 0 Å². The normalized spacial score (nSPS) is 14.3. The van der Waals surface area contributed by atoms with Crippen LogP contribution in [0.25, 0.3) is 0 Å². The molecule has 4 amide bonds. The van der Waals surface area contributed by atoms with Gasteiger partial charge in [-0.15, -0.1) is 0 Å². The molecule has 1 unspecified atom stereocenters. The number of piperazine rings is 1. The minimum atomic E-state index is -0.540. The molecule has 0 spiro atoms. The van der Waals surface area contributed by atoms with Gasteiger partial charge in [-0.1, -0.05) is 26.2 Å². The van der Waals surface area contributed by atoms with Gasteiger partial charge in [-0.2, -0.15) is 0 Å². The molecule has 13 heteroatoms. The number of nitrogens with one attached hydrogen (secondary N) is 2. The number of amides is 4. The quantitative estimate of drug-likeness (QED) is 0.283. The lowest BCUT2D eigenvalue weighted by Gasteiger charge is -2.41. The Morgan fingerprint density at radius 1 is 0.689 bits per heavy atom. The standard InChI is InChI=1S/C32H46N4O9/c1-8-9-10-11-12-33-32(39)34-19-23-20-35(30(37)21-15-24(40-2)28(44-6)25(16-21)41-3)13-14-36(23)31(38)22-17-26(42-4)29(45-7)27(18-22)43-5/h15-18,23H,8-14,19-20H2,1-7H3,(H2,33,34,39). The summed E-state index contributed by atoms with van der Waals surface area (Å²) in [5.74, 6) is 1.55. The van der Waals surface area contributed by atoms with Gasteiger partial charge in [0.2, 0.25) is 11.5 Å². The Bertz CT molecular complexity index is 1270. The van der Waals surface area contributed by atoms with Crippen molar-refractivity contribution in [2.24, 2.45) is 0 Å². The van der Waals surface area contributed by atoms with Crippen molar-refractivity contribution in [3.8, 4) is 34.5 Å². The number of hydrogen-bond donors (Lipinski definition) is 2. The van der Waals surface area contributed by atoms with Crippen molar-refractivity contribution in [2.45, 2.75) is 38.6 Å². The summed E-state index contributed by atoms with van der Waals surface area (Å²) in [6.07, 6.45) is 4.14. The van der Waals surface area contributed by atoms with Crippen LogP contribution in [0, 0.1) is 0 Å². The summed E-state index contributed by atoms with van der Waals surface area (Å²) in [6.45, 7) is 3.45. The van der Waals surface area contributed by atoms with Gasteiger partial charge in [0.1, 0.15) is 0 Å². The Balaban J connectivity index is 1.87. The van der Waals surface area contributed by atoms with E-state index < -0.39 is 6.04 Å². The van der Waals surface area contributed by atoms with Gasteiger partial charge in [0.05, 0.1) is 48.7 Å². The van der Waals surface area contributed by atoms with Crippen LogP contribution in [0.2, 0.25) is 0 Å². The third kappa shape index (κ3) is 8.55. The lowest BCUT2D eigenvalue weighted by Crippen LogP contribution is -2.60. The zero-order chi connectivity index (χ0) is 32.9. The number of rotatable bonds is 15. The van der Waals surface area contributed by atoms with Gasteiger partial charge >= 0.3 is 6.03 Å². The average Bonchev–Trinajstić information content (AvgIpc) is 3.08. The maximum atomic E-state index is 13.9. The van der Waals surface area contributed by atoms with Crippen molar-refractivity contribution in [3.05, 3.63) is 35.4 Å². The second-order valence-electron chi connectivity index (χ2n) is 10.4. The Morgan fingerprint density at radius 3 is 1.67 bits per heavy atom. The van der Waals surface area contributed by atoms with E-state index in [0.717, 1.165) is 25.7 Å². The first-order valence-corrected chi connectivity index (χ1v) is 15.0. The van der Waals surface area contributed by atoms with Crippen LogP contribution in [0.15, 0.2) is 24.3 Å². The molecular formula is C32H46N4O9. The topological polar surface area (TPSA) is 137 Å². The summed E-state index contributed by atoms with van der Waals surface area (Å²) in [4.78, 5) is 43.6. The molecule has 0 saturated carbocycles. The van der Waals surface area contributed by atoms with Gasteiger partial charge in [0.25, 0.3) is 11.8 Å². The van der Waals surface area contributed by atoms with Gasteiger partial charge in [-0.3, -0.25) is 9.59 Å². The molecule has 2 aromatic rings. The van der Waals surface area contributed by atoms with Crippen LogP contribution in [0.4, 0.5) is 4.79 Å². The van der Waals surface area contributed by atoms with Gasteiger partial charge in [0, 0.05) is 43.9 Å². The molecule has 1 saturated heterocycles. The molecule has 1 atom stereocenters. The van der Waals surface area contributed by atoms with E-state index in [1.165, 1.54) is 42.7 Å². The van der Waals surface area contributed by atoms with Gasteiger partial charge in [-0.25, -0.2) is 4.79 Å². The van der Waals surface area contributed by atoms with Crippen LogP contribution in [-0.2, 0) is 0 Å². The third-order valence-corrected chi connectivity index (χ3v) is 7.67. The number of unbranched alkanes of at least 4 members (excludes halogenated alkanes) is 3. The first kappa shape index (κ1) is 34.9. The summed E-state index contributed by atoms with van der Waals surface area (Å²) in [5.41, 5.74) is 0.657. The lowest BCUT2D eigenvalue weighted by atomic mass is 10.1. The van der Waals surface area contributed by atoms with Gasteiger partial charge < -0.3 is 48.9 Å². The molecule has 0 radical (unpaired) electrons. The number of hydrogen-bond acceptors (Lipinski definition) is 9. The Kier molecular flexibility index (Phi) is 13.3. The number of carbonyl (C=O) groups is 3. The monoisotopic (exact) mass is 630 g/mol. The molecule has 248 valence electrons. The fourth-order valence-corrected chi connectivity index (χ4v) is 5.27. The highest BCUT2D eigenvalue weighted by molar-refractivity contribution is 5.97. The summed E-state index contributed by atoms with van der Waals surface area (Å²) in [7, 11) is 8.90. The van der Waals surface area contributed by atoms with Crippen LogP contribution in [0.3, 0.4) is 0 Å². The second kappa shape index (κ2) is 17.1. The molecule has 0 aromatic heterocycles. The maximum Gasteiger partial charge on any atom is 0.314 e. The molecule has 1 heterocycles. The van der Waals surface area contributed by atoms with Crippen LogP contribution < -0.4 is 39.1 Å². The predicted octanol–water partition coefficient (Wildman–Crippen LogP) is 3.58. The Morgan fingerprint density at radius 2 is 1.20 bits per heavy atom. The highest BCUT2D eigenvalue weighted by Gasteiger charge is 2.35. The van der Waals surface area contributed by atoms with Crippen LogP contribution in [-0.4, -0.2) is 109 Å². The molecule has 1 aliphatic rings. The first-order chi connectivity index (χ1) is 21.8. The zero-order valence-electron chi connectivity index (χ0n) is 27.3. The zero-order valence-corrected chi connectivity index (χ0v) is 27.3. The van der Waals surface area contributed by atoms with E-state index in [1.54, 1.807) is 34.1 Å². The lowest BCUT2D eigenvalue weighted by molar-refractivity contribution is 0.0389. The minimum Gasteiger partial charge on any atom is -0.493 e. The molecule has 2 aromatic carbocycles. The summed E-state index contributed by atoms with van der Waals surface area (Å²) in [5, 5.41) is 5.76. The number of methoxy groups -OCH3 is 6. The fourth-order valence-electron chi connectivity index (χ4n) is 5.27. The number of nitrogens with zero attached hydrogens (tertiary/aromatic N) is 2. The maximum absolute atomic E-state index is 13.9. The molecule has 0 aliphatic carbocycles. The Hall–Kier alpha value is -4.55. The van der Waals surface area contributed by atoms with Crippen LogP contribution in [0.1, 0.15) is 53.3 Å². The molecule has 45 heavy (non-hydrogen) atoms. The smallest absolute Gasteiger partial charge is 0.314 e. The van der Waals surface area contributed by atoms with Crippen LogP contribution >= 0.6 is 0 Å². The van der Waals surface area contributed by atoms with E-state index in [2.05, 4.69) is 17.6 Å². The molecule has 1 fully saturated rings. The fraction of sp³-hybridized carbons (Fsp3) is 0.531. The number of carbonyl (C=O) groups excluding carboxylic acids is 3. The van der Waals surface area contributed by atoms with Crippen molar-refractivity contribution in [3.63, 3.8) is 0 Å². The van der Waals surface area contributed by atoms with Crippen LogP contribution in [0.5, 0.6) is 34.5 Å². The van der Waals surface area contributed by atoms with Crippen molar-refractivity contribution >= 4 is 17.8 Å². The molecule has 2 N–H and O–H groups in total. The van der Waals surface area contributed by atoms with E-state index in [1.807, 2.05) is 0 Å². The van der Waals surface area contributed by atoms with Crippen molar-refractivity contribution < 1.29 is 42.8 Å². The largest absolute Gasteiger partial charge is 0.493 e. The van der Waals surface area contributed by atoms with Crippen molar-refractivity contribution in [2.75, 3.05) is 75.4 Å². The van der Waals surface area contributed by atoms with E-state index in [0.29, 0.717) is 52.2 Å². The Labute approximate surface area is 265 Å². The van der Waals surface area contributed by atoms with E-state index in [9.17, 15) is 14.4 Å². The predicted molar refractivity (Wildman–Crippen MR) is 168 cm³/mol. The van der Waals surface area contributed by atoms with Crippen molar-refractivity contribution in [1.29, 1.82) is 0 Å². The van der Waals surface area contributed by atoms with Gasteiger partial charge in [-0.05, 0) is 30.7 Å². The van der Waals surface area contributed by atoms with E-state index in [-0.39, 0.29) is 44.0 Å². The minimum absolute atomic E-state index is 0.121. The number of ether oxygens (including phenoxy) is 6. The molecular weight excluding hydrogens is 584 g/mol. The number of benzene rings is 2. The van der Waals surface area contributed by atoms with Crippen molar-refractivity contribution in [1.82, 2.24) is 20.4 Å². The first-order valence-electron chi connectivity index (χ1n) is 15.0. The molecule has 13 nitrogen and oxygen atoms in total. The van der Waals surface area contributed by atoms with E-state index in [4.69, 9.17) is 28.4 Å². The third-order valence-electron chi connectivity index (χ3n) is 7.67.